The SMILES string of the molecule is CC(CN(C)C)N1C(=O)c2cc(N)cc3cc(N)cc(c23)C1=O. The molecule has 2 aromatic rings. The van der Waals surface area contributed by atoms with Gasteiger partial charge in [0.25, 0.3) is 11.8 Å². The van der Waals surface area contributed by atoms with E-state index in [9.17, 15) is 9.59 Å². The summed E-state index contributed by atoms with van der Waals surface area (Å²) in [5.41, 5.74) is 13.7. The van der Waals surface area contributed by atoms with Gasteiger partial charge in [-0.05, 0) is 50.7 Å². The first-order chi connectivity index (χ1) is 10.8. The first-order valence-corrected chi connectivity index (χ1v) is 7.45. The van der Waals surface area contributed by atoms with E-state index in [1.807, 2.05) is 25.9 Å². The molecule has 1 atom stereocenters. The van der Waals surface area contributed by atoms with E-state index in [4.69, 9.17) is 11.5 Å². The topological polar surface area (TPSA) is 92.7 Å². The van der Waals surface area contributed by atoms with Crippen LogP contribution in [0.4, 0.5) is 11.4 Å². The van der Waals surface area contributed by atoms with Crippen molar-refractivity contribution in [1.29, 1.82) is 0 Å². The first kappa shape index (κ1) is 15.3. The third-order valence-electron chi connectivity index (χ3n) is 4.06. The molecule has 0 saturated heterocycles. The summed E-state index contributed by atoms with van der Waals surface area (Å²) in [4.78, 5) is 29.0. The number of carbonyl (C=O) groups is 2. The number of anilines is 2. The van der Waals surface area contributed by atoms with Gasteiger partial charge in [0.15, 0.2) is 0 Å². The third-order valence-corrected chi connectivity index (χ3v) is 4.06. The van der Waals surface area contributed by atoms with Crippen LogP contribution in [-0.4, -0.2) is 48.3 Å². The number of nitrogens with zero attached hydrogens (tertiary/aromatic N) is 2. The van der Waals surface area contributed by atoms with Crippen LogP contribution < -0.4 is 11.5 Å². The molecule has 2 amide bonds. The summed E-state index contributed by atoms with van der Waals surface area (Å²) < 4.78 is 0. The zero-order valence-electron chi connectivity index (χ0n) is 13.5. The Bertz CT molecular complexity index is 772. The molecule has 0 bridgehead atoms. The average Bonchev–Trinajstić information content (AvgIpc) is 2.42. The van der Waals surface area contributed by atoms with Crippen LogP contribution >= 0.6 is 0 Å². The molecule has 3 rings (SSSR count). The van der Waals surface area contributed by atoms with Crippen molar-refractivity contribution in [3.8, 4) is 0 Å². The van der Waals surface area contributed by atoms with Crippen LogP contribution in [0.1, 0.15) is 27.6 Å². The van der Waals surface area contributed by atoms with E-state index >= 15 is 0 Å². The molecule has 6 nitrogen and oxygen atoms in total. The van der Waals surface area contributed by atoms with Crippen molar-refractivity contribution in [2.24, 2.45) is 0 Å². The molecule has 4 N–H and O–H groups in total. The highest BCUT2D eigenvalue weighted by atomic mass is 16.2. The van der Waals surface area contributed by atoms with E-state index < -0.39 is 0 Å². The molecule has 6 heteroatoms. The minimum Gasteiger partial charge on any atom is -0.399 e. The Labute approximate surface area is 134 Å². The number of hydrogen-bond acceptors (Lipinski definition) is 5. The van der Waals surface area contributed by atoms with E-state index in [1.165, 1.54) is 4.90 Å². The number of likely N-dealkylation sites (N-methyl/N-ethyl adjacent to an activating group) is 1. The molecule has 0 fully saturated rings. The van der Waals surface area contributed by atoms with Crippen molar-refractivity contribution in [2.45, 2.75) is 13.0 Å². The Balaban J connectivity index is 2.23. The number of rotatable bonds is 3. The number of carbonyl (C=O) groups excluding carboxylic acids is 2. The van der Waals surface area contributed by atoms with Crippen LogP contribution in [0.3, 0.4) is 0 Å². The zero-order valence-corrected chi connectivity index (χ0v) is 13.5. The van der Waals surface area contributed by atoms with Crippen LogP contribution in [0.15, 0.2) is 24.3 Å². The maximum Gasteiger partial charge on any atom is 0.261 e. The van der Waals surface area contributed by atoms with E-state index in [0.717, 1.165) is 5.39 Å². The summed E-state index contributed by atoms with van der Waals surface area (Å²) in [5.74, 6) is -0.613. The van der Waals surface area contributed by atoms with Gasteiger partial charge in [-0.1, -0.05) is 0 Å². The molecule has 0 aliphatic carbocycles. The number of amides is 2. The van der Waals surface area contributed by atoms with Gasteiger partial charge in [-0.2, -0.15) is 0 Å². The summed E-state index contributed by atoms with van der Waals surface area (Å²) >= 11 is 0. The Kier molecular flexibility index (Phi) is 3.49. The molecule has 1 aliphatic heterocycles. The Morgan fingerprint density at radius 2 is 1.48 bits per heavy atom. The zero-order chi connectivity index (χ0) is 16.9. The van der Waals surface area contributed by atoms with Crippen LogP contribution in [0.2, 0.25) is 0 Å². The molecule has 0 saturated carbocycles. The normalized spacial score (nSPS) is 15.6. The minimum atomic E-state index is -0.307. The number of hydrogen-bond donors (Lipinski definition) is 2. The van der Waals surface area contributed by atoms with Crippen LogP contribution in [0.25, 0.3) is 10.8 Å². The second-order valence-corrected chi connectivity index (χ2v) is 6.33. The highest BCUT2D eigenvalue weighted by molar-refractivity contribution is 6.26. The third kappa shape index (κ3) is 2.41. The van der Waals surface area contributed by atoms with Crippen LogP contribution in [0.5, 0.6) is 0 Å². The smallest absolute Gasteiger partial charge is 0.261 e. The summed E-state index contributed by atoms with van der Waals surface area (Å²) in [6, 6.07) is 6.48. The monoisotopic (exact) mass is 312 g/mol. The van der Waals surface area contributed by atoms with Gasteiger partial charge in [-0.25, -0.2) is 0 Å². The first-order valence-electron chi connectivity index (χ1n) is 7.45. The molecular formula is C17H20N4O2. The lowest BCUT2D eigenvalue weighted by Gasteiger charge is -2.33. The van der Waals surface area contributed by atoms with Gasteiger partial charge in [0.1, 0.15) is 0 Å². The molecular weight excluding hydrogens is 292 g/mol. The van der Waals surface area contributed by atoms with E-state index in [2.05, 4.69) is 0 Å². The highest BCUT2D eigenvalue weighted by Gasteiger charge is 2.36. The summed E-state index contributed by atoms with van der Waals surface area (Å²) in [6.07, 6.45) is 0. The van der Waals surface area contributed by atoms with Crippen molar-refractivity contribution in [3.05, 3.63) is 35.4 Å². The minimum absolute atomic E-state index is 0.254. The van der Waals surface area contributed by atoms with Crippen molar-refractivity contribution < 1.29 is 9.59 Å². The number of imide groups is 1. The predicted octanol–water partition coefficient (Wildman–Crippen LogP) is 1.55. The van der Waals surface area contributed by atoms with Crippen molar-refractivity contribution in [1.82, 2.24) is 9.80 Å². The molecule has 0 aromatic heterocycles. The van der Waals surface area contributed by atoms with Gasteiger partial charge < -0.3 is 16.4 Å². The van der Waals surface area contributed by atoms with E-state index in [0.29, 0.717) is 34.4 Å². The second-order valence-electron chi connectivity index (χ2n) is 6.33. The molecule has 1 unspecified atom stereocenters. The fourth-order valence-electron chi connectivity index (χ4n) is 3.26. The van der Waals surface area contributed by atoms with Gasteiger partial charge in [0.05, 0.1) is 17.2 Å². The van der Waals surface area contributed by atoms with Gasteiger partial charge in [-0.3, -0.25) is 14.5 Å². The Morgan fingerprint density at radius 3 is 1.91 bits per heavy atom. The summed E-state index contributed by atoms with van der Waals surface area (Å²) in [6.45, 7) is 2.44. The summed E-state index contributed by atoms with van der Waals surface area (Å²) in [5, 5.41) is 1.35. The maximum absolute atomic E-state index is 12.9. The van der Waals surface area contributed by atoms with Gasteiger partial charge in [-0.15, -0.1) is 0 Å². The van der Waals surface area contributed by atoms with Gasteiger partial charge >= 0.3 is 0 Å². The summed E-state index contributed by atoms with van der Waals surface area (Å²) in [7, 11) is 3.81. The van der Waals surface area contributed by atoms with Crippen molar-refractivity contribution in [2.75, 3.05) is 32.1 Å². The molecule has 2 aromatic carbocycles. The number of nitrogen functional groups attached to an aromatic ring is 2. The molecule has 0 radical (unpaired) electrons. The highest BCUT2D eigenvalue weighted by Crippen LogP contribution is 2.34. The average molecular weight is 312 g/mol. The molecule has 1 aliphatic rings. The lowest BCUT2D eigenvalue weighted by Crippen LogP contribution is -2.49. The standard InChI is InChI=1S/C17H20N4O2/c1-9(8-20(2)3)21-16(22)13-6-11(18)4-10-5-12(19)7-14(15(10)13)17(21)23/h4-7,9H,8,18-19H2,1-3H3. The maximum atomic E-state index is 12.9. The Morgan fingerprint density at radius 1 is 1.00 bits per heavy atom. The van der Waals surface area contributed by atoms with Crippen LogP contribution in [0, 0.1) is 0 Å². The van der Waals surface area contributed by atoms with E-state index in [-0.39, 0.29) is 17.9 Å². The lowest BCUT2D eigenvalue weighted by atomic mass is 9.92. The quantitative estimate of drug-likeness (QED) is 0.662. The molecule has 23 heavy (non-hydrogen) atoms. The van der Waals surface area contributed by atoms with Crippen molar-refractivity contribution >= 4 is 34.0 Å². The van der Waals surface area contributed by atoms with Crippen LogP contribution in [-0.2, 0) is 0 Å². The second kappa shape index (κ2) is 5.24. The lowest BCUT2D eigenvalue weighted by molar-refractivity contribution is 0.0530. The Hall–Kier alpha value is -2.60. The fourth-order valence-corrected chi connectivity index (χ4v) is 3.26. The van der Waals surface area contributed by atoms with Crippen molar-refractivity contribution in [3.63, 3.8) is 0 Å². The largest absolute Gasteiger partial charge is 0.399 e. The number of nitrogens with two attached hydrogens (primary N) is 2. The molecule has 0 spiro atoms. The fraction of sp³-hybridized carbons (Fsp3) is 0.294. The van der Waals surface area contributed by atoms with Gasteiger partial charge in [0.2, 0.25) is 0 Å². The molecule has 120 valence electrons. The van der Waals surface area contributed by atoms with E-state index in [1.54, 1.807) is 24.3 Å². The number of benzene rings is 2. The molecule has 1 heterocycles. The predicted molar refractivity (Wildman–Crippen MR) is 91.3 cm³/mol. The van der Waals surface area contributed by atoms with Gasteiger partial charge in [0, 0.05) is 23.3 Å².